The van der Waals surface area contributed by atoms with Gasteiger partial charge in [0.25, 0.3) is 11.8 Å². The maximum atomic E-state index is 14.8. The van der Waals surface area contributed by atoms with Gasteiger partial charge in [0, 0.05) is 48.7 Å². The summed E-state index contributed by atoms with van der Waals surface area (Å²) in [4.78, 5) is 40.9. The van der Waals surface area contributed by atoms with Crippen molar-refractivity contribution in [2.75, 3.05) is 13.7 Å². The zero-order chi connectivity index (χ0) is 27.8. The Morgan fingerprint density at radius 3 is 2.28 bits per heavy atom. The molecule has 39 heavy (non-hydrogen) atoms. The maximum Gasteiger partial charge on any atom is 0.341 e. The lowest BCUT2D eigenvalue weighted by molar-refractivity contribution is 0.0596. The third-order valence-corrected chi connectivity index (χ3v) is 6.05. The molecule has 0 aliphatic rings. The molecule has 3 aromatic carbocycles. The van der Waals surface area contributed by atoms with E-state index in [1.807, 2.05) is 10.8 Å². The summed E-state index contributed by atoms with van der Waals surface area (Å²) in [5.74, 6) is -2.96. The van der Waals surface area contributed by atoms with Gasteiger partial charge in [-0.15, -0.1) is 0 Å². The van der Waals surface area contributed by atoms with Gasteiger partial charge in [-0.2, -0.15) is 0 Å². The van der Waals surface area contributed by atoms with Gasteiger partial charge in [0.2, 0.25) is 0 Å². The number of hydrogen-bond donors (Lipinski definition) is 2. The zero-order valence-corrected chi connectivity index (χ0v) is 21.1. The van der Waals surface area contributed by atoms with Crippen LogP contribution >= 0.6 is 0 Å². The molecule has 1 heterocycles. The van der Waals surface area contributed by atoms with Crippen LogP contribution in [0.25, 0.3) is 11.1 Å². The standard InChI is InChI=1S/C29H26F2N4O4/c1-39-29(38)26-23(4-2-5-24(26)30)21-10-11-22(25(31)16-21)17-34-28(37)20-8-6-19(7-9-20)27(36)33-12-3-14-35-15-13-32-18-35/h2,4-11,13,15-16,18H,3,12,14,17H2,1H3,(H,33,36)(H,34,37). The molecule has 0 aliphatic carbocycles. The first-order valence-electron chi connectivity index (χ1n) is 12.1. The number of rotatable bonds is 10. The molecule has 0 saturated carbocycles. The third-order valence-electron chi connectivity index (χ3n) is 6.05. The highest BCUT2D eigenvalue weighted by Crippen LogP contribution is 2.28. The highest BCUT2D eigenvalue weighted by Gasteiger charge is 2.19. The van der Waals surface area contributed by atoms with Gasteiger partial charge >= 0.3 is 5.97 Å². The fourth-order valence-electron chi connectivity index (χ4n) is 3.97. The van der Waals surface area contributed by atoms with Crippen LogP contribution in [0.2, 0.25) is 0 Å². The van der Waals surface area contributed by atoms with Gasteiger partial charge in [-0.05, 0) is 53.9 Å². The molecule has 2 N–H and O–H groups in total. The number of hydrogen-bond acceptors (Lipinski definition) is 5. The van der Waals surface area contributed by atoms with Crippen molar-refractivity contribution in [3.05, 3.63) is 113 Å². The van der Waals surface area contributed by atoms with Crippen molar-refractivity contribution in [2.45, 2.75) is 19.5 Å². The second-order valence-electron chi connectivity index (χ2n) is 8.63. The van der Waals surface area contributed by atoms with Gasteiger partial charge in [-0.25, -0.2) is 18.6 Å². The number of amides is 2. The number of ether oxygens (including phenoxy) is 1. The van der Waals surface area contributed by atoms with E-state index in [9.17, 15) is 23.2 Å². The van der Waals surface area contributed by atoms with E-state index in [-0.39, 0.29) is 34.7 Å². The summed E-state index contributed by atoms with van der Waals surface area (Å²) in [6, 6.07) is 14.3. The van der Waals surface area contributed by atoms with Crippen molar-refractivity contribution in [3.63, 3.8) is 0 Å². The predicted octanol–water partition coefficient (Wildman–Crippen LogP) is 4.37. The van der Waals surface area contributed by atoms with Crippen molar-refractivity contribution in [1.82, 2.24) is 20.2 Å². The number of nitrogens with zero attached hydrogens (tertiary/aromatic N) is 2. The van der Waals surface area contributed by atoms with Crippen LogP contribution in [0.15, 0.2) is 79.4 Å². The number of nitrogens with one attached hydrogen (secondary N) is 2. The van der Waals surface area contributed by atoms with Crippen molar-refractivity contribution in [3.8, 4) is 11.1 Å². The van der Waals surface area contributed by atoms with E-state index >= 15 is 0 Å². The summed E-state index contributed by atoms with van der Waals surface area (Å²) in [6.45, 7) is 1.13. The molecule has 0 unspecified atom stereocenters. The van der Waals surface area contributed by atoms with Crippen LogP contribution in [0.4, 0.5) is 8.78 Å². The molecule has 0 atom stereocenters. The first kappa shape index (κ1) is 27.2. The third kappa shape index (κ3) is 6.72. The second kappa shape index (κ2) is 12.6. The summed E-state index contributed by atoms with van der Waals surface area (Å²) >= 11 is 0. The highest BCUT2D eigenvalue weighted by molar-refractivity contribution is 5.98. The molecular weight excluding hydrogens is 506 g/mol. The minimum atomic E-state index is -0.867. The molecule has 0 radical (unpaired) electrons. The number of halogens is 2. The van der Waals surface area contributed by atoms with Gasteiger partial charge in [0.1, 0.15) is 17.2 Å². The van der Waals surface area contributed by atoms with Crippen molar-refractivity contribution < 1.29 is 27.9 Å². The number of carbonyl (C=O) groups is 3. The Labute approximate surface area is 223 Å². The van der Waals surface area contributed by atoms with Crippen LogP contribution < -0.4 is 10.6 Å². The molecule has 0 saturated heterocycles. The first-order chi connectivity index (χ1) is 18.9. The number of methoxy groups -OCH3 is 1. The lowest BCUT2D eigenvalue weighted by Crippen LogP contribution is -2.26. The lowest BCUT2D eigenvalue weighted by atomic mass is 9.98. The minimum Gasteiger partial charge on any atom is -0.465 e. The number of aryl methyl sites for hydroxylation is 1. The van der Waals surface area contributed by atoms with Gasteiger partial charge in [-0.3, -0.25) is 9.59 Å². The summed E-state index contributed by atoms with van der Waals surface area (Å²) in [7, 11) is 1.14. The molecule has 0 fully saturated rings. The van der Waals surface area contributed by atoms with Crippen molar-refractivity contribution >= 4 is 17.8 Å². The van der Waals surface area contributed by atoms with Gasteiger partial charge < -0.3 is 19.9 Å². The fraction of sp³-hybridized carbons (Fsp3) is 0.172. The van der Waals surface area contributed by atoms with E-state index in [2.05, 4.69) is 20.4 Å². The molecule has 0 spiro atoms. The van der Waals surface area contributed by atoms with Crippen molar-refractivity contribution in [2.24, 2.45) is 0 Å². The Kier molecular flexibility index (Phi) is 8.78. The molecule has 1 aromatic heterocycles. The van der Waals surface area contributed by atoms with Gasteiger partial charge in [0.15, 0.2) is 0 Å². The van der Waals surface area contributed by atoms with E-state index in [0.717, 1.165) is 26.1 Å². The quantitative estimate of drug-likeness (QED) is 0.233. The van der Waals surface area contributed by atoms with E-state index in [1.54, 1.807) is 24.7 Å². The Morgan fingerprint density at radius 2 is 1.64 bits per heavy atom. The van der Waals surface area contributed by atoms with Crippen LogP contribution in [-0.4, -0.2) is 41.0 Å². The number of aromatic nitrogens is 2. The number of benzene rings is 3. The predicted molar refractivity (Wildman–Crippen MR) is 140 cm³/mol. The summed E-state index contributed by atoms with van der Waals surface area (Å²) < 4.78 is 35.7. The van der Waals surface area contributed by atoms with E-state index in [1.165, 1.54) is 42.5 Å². The SMILES string of the molecule is COC(=O)c1c(F)cccc1-c1ccc(CNC(=O)c2ccc(C(=O)NCCCn3ccnc3)cc2)c(F)c1. The Morgan fingerprint density at radius 1 is 0.923 bits per heavy atom. The van der Waals surface area contributed by atoms with E-state index in [4.69, 9.17) is 0 Å². The molecule has 0 aliphatic heterocycles. The Balaban J connectivity index is 1.33. The normalized spacial score (nSPS) is 10.6. The van der Waals surface area contributed by atoms with Gasteiger partial charge in [0.05, 0.1) is 13.4 Å². The van der Waals surface area contributed by atoms with Gasteiger partial charge in [-0.1, -0.05) is 24.3 Å². The number of carbonyl (C=O) groups excluding carboxylic acids is 3. The molecule has 10 heteroatoms. The van der Waals surface area contributed by atoms with Crippen LogP contribution in [0.5, 0.6) is 0 Å². The topological polar surface area (TPSA) is 102 Å². The molecule has 8 nitrogen and oxygen atoms in total. The van der Waals surface area contributed by atoms with Crippen LogP contribution in [0.1, 0.15) is 43.1 Å². The molecule has 200 valence electrons. The average Bonchev–Trinajstić information content (AvgIpc) is 3.47. The maximum absolute atomic E-state index is 14.8. The fourth-order valence-corrected chi connectivity index (χ4v) is 3.97. The van der Waals surface area contributed by atoms with Crippen LogP contribution in [-0.2, 0) is 17.8 Å². The first-order valence-corrected chi connectivity index (χ1v) is 12.1. The largest absolute Gasteiger partial charge is 0.465 e. The molecule has 4 rings (SSSR count). The molecule has 4 aromatic rings. The Hall–Kier alpha value is -4.86. The van der Waals surface area contributed by atoms with E-state index < -0.39 is 23.5 Å². The van der Waals surface area contributed by atoms with Crippen molar-refractivity contribution in [1.29, 1.82) is 0 Å². The average molecular weight is 533 g/mol. The molecule has 2 amide bonds. The Bertz CT molecular complexity index is 1470. The minimum absolute atomic E-state index is 0.100. The summed E-state index contributed by atoms with van der Waals surface area (Å²) in [5.41, 5.74) is 1.13. The molecule has 0 bridgehead atoms. The van der Waals surface area contributed by atoms with E-state index in [0.29, 0.717) is 17.7 Å². The lowest BCUT2D eigenvalue weighted by Gasteiger charge is -2.12. The molecular formula is C29H26F2N4O4. The number of esters is 1. The monoisotopic (exact) mass is 532 g/mol. The second-order valence-corrected chi connectivity index (χ2v) is 8.63. The highest BCUT2D eigenvalue weighted by atomic mass is 19.1. The zero-order valence-electron chi connectivity index (χ0n) is 21.1. The summed E-state index contributed by atoms with van der Waals surface area (Å²) in [6.07, 6.45) is 6.00. The van der Waals surface area contributed by atoms with Crippen LogP contribution in [0.3, 0.4) is 0 Å². The smallest absolute Gasteiger partial charge is 0.341 e. The van der Waals surface area contributed by atoms with Crippen LogP contribution in [0, 0.1) is 11.6 Å². The number of imidazole rings is 1. The summed E-state index contributed by atoms with van der Waals surface area (Å²) in [5, 5.41) is 5.48.